The van der Waals surface area contributed by atoms with E-state index in [-0.39, 0.29) is 23.8 Å². The minimum absolute atomic E-state index is 0.118. The van der Waals surface area contributed by atoms with Crippen LogP contribution < -0.4 is 10.6 Å². The van der Waals surface area contributed by atoms with E-state index in [2.05, 4.69) is 16.7 Å². The molecule has 39 heavy (non-hydrogen) atoms. The molecule has 3 heterocycles. The Bertz CT molecular complexity index is 1220. The molecule has 2 bridgehead atoms. The maximum atomic E-state index is 14.1. The van der Waals surface area contributed by atoms with Crippen LogP contribution in [0.2, 0.25) is 5.02 Å². The molecular weight excluding hydrogens is 514 g/mol. The monoisotopic (exact) mass is 551 g/mol. The van der Waals surface area contributed by atoms with Gasteiger partial charge in [0.15, 0.2) is 0 Å². The van der Waals surface area contributed by atoms with Crippen molar-refractivity contribution in [3.05, 3.63) is 52.6 Å². The molecule has 0 radical (unpaired) electrons. The maximum absolute atomic E-state index is 14.1. The van der Waals surface area contributed by atoms with Crippen molar-refractivity contribution < 1.29 is 19.1 Å². The second kappa shape index (κ2) is 10.7. The zero-order chi connectivity index (χ0) is 27.1. The molecule has 1 aromatic carbocycles. The Labute approximate surface area is 235 Å². The van der Waals surface area contributed by atoms with E-state index in [1.54, 1.807) is 17.0 Å². The quantitative estimate of drug-likeness (QED) is 0.463. The van der Waals surface area contributed by atoms with Crippen molar-refractivity contribution in [3.63, 3.8) is 0 Å². The van der Waals surface area contributed by atoms with Crippen molar-refractivity contribution in [2.75, 3.05) is 11.9 Å². The third-order valence-corrected chi connectivity index (χ3v) is 9.78. The number of benzene rings is 1. The predicted octanol–water partition coefficient (Wildman–Crippen LogP) is 5.08. The topological polar surface area (TPSA) is 87.7 Å². The molecule has 3 amide bonds. The summed E-state index contributed by atoms with van der Waals surface area (Å²) < 4.78 is 6.48. The Morgan fingerprint density at radius 1 is 1.13 bits per heavy atom. The van der Waals surface area contributed by atoms with Gasteiger partial charge in [0.2, 0.25) is 17.7 Å². The van der Waals surface area contributed by atoms with Gasteiger partial charge in [0, 0.05) is 23.3 Å². The summed E-state index contributed by atoms with van der Waals surface area (Å²) in [4.78, 5) is 43.4. The van der Waals surface area contributed by atoms with Crippen LogP contribution in [0.3, 0.4) is 0 Å². The summed E-state index contributed by atoms with van der Waals surface area (Å²) in [5.74, 6) is -2.06. The number of hydrogen-bond donors (Lipinski definition) is 2. The highest BCUT2D eigenvalue weighted by atomic mass is 35.5. The molecule has 6 rings (SSSR count). The number of hydrogen-bond acceptors (Lipinski definition) is 4. The molecule has 208 valence electrons. The molecule has 7 nitrogen and oxygen atoms in total. The molecule has 5 atom stereocenters. The number of halogens is 1. The number of amides is 3. The van der Waals surface area contributed by atoms with Crippen LogP contribution in [0, 0.1) is 18.8 Å². The summed E-state index contributed by atoms with van der Waals surface area (Å²) in [6, 6.07) is 4.71. The number of rotatable bonds is 7. The first kappa shape index (κ1) is 26.6. The highest BCUT2D eigenvalue weighted by Crippen LogP contribution is 2.55. The van der Waals surface area contributed by atoms with Gasteiger partial charge in [-0.1, -0.05) is 60.7 Å². The second-order valence-corrected chi connectivity index (χ2v) is 12.3. The van der Waals surface area contributed by atoms with Gasteiger partial charge in [-0.3, -0.25) is 14.4 Å². The molecule has 0 aromatic heterocycles. The lowest BCUT2D eigenvalue weighted by Crippen LogP contribution is -2.56. The van der Waals surface area contributed by atoms with Gasteiger partial charge in [0.1, 0.15) is 11.6 Å². The first-order valence-electron chi connectivity index (χ1n) is 14.6. The van der Waals surface area contributed by atoms with Crippen molar-refractivity contribution in [2.24, 2.45) is 11.8 Å². The van der Waals surface area contributed by atoms with Gasteiger partial charge in [-0.15, -0.1) is 0 Å². The fourth-order valence-electron chi connectivity index (χ4n) is 7.33. The minimum atomic E-state index is -1.13. The SMILES string of the molecule is Cc1ccc(NC(=O)[C@H]2[C@@H]3C=C[C@]4(O3)[C@@H]2C(=O)N(CCC2=CCCCC2)[C@H]4C(=O)NC2CCCCC2)cc1Cl. The highest BCUT2D eigenvalue weighted by molar-refractivity contribution is 6.31. The average molecular weight is 552 g/mol. The highest BCUT2D eigenvalue weighted by Gasteiger charge is 2.72. The first-order chi connectivity index (χ1) is 18.9. The molecular formula is C31H38ClN3O4. The van der Waals surface area contributed by atoms with Gasteiger partial charge in [0.05, 0.1) is 17.9 Å². The Balaban J connectivity index is 1.28. The predicted molar refractivity (Wildman–Crippen MR) is 150 cm³/mol. The smallest absolute Gasteiger partial charge is 0.246 e. The minimum Gasteiger partial charge on any atom is -0.359 e. The van der Waals surface area contributed by atoms with Gasteiger partial charge in [-0.2, -0.15) is 0 Å². The van der Waals surface area contributed by atoms with E-state index in [1.165, 1.54) is 18.4 Å². The molecule has 0 unspecified atom stereocenters. The molecule has 1 spiro atoms. The number of nitrogens with one attached hydrogen (secondary N) is 2. The number of aryl methyl sites for hydroxylation is 1. The number of ether oxygens (including phenoxy) is 1. The number of likely N-dealkylation sites (tertiary alicyclic amines) is 1. The molecule has 1 aromatic rings. The van der Waals surface area contributed by atoms with E-state index in [0.29, 0.717) is 17.3 Å². The van der Waals surface area contributed by atoms with Gasteiger partial charge in [0.25, 0.3) is 0 Å². The van der Waals surface area contributed by atoms with Crippen LogP contribution in [0.4, 0.5) is 5.69 Å². The standard InChI is InChI=1S/C31H38ClN3O4/c1-19-12-13-22(18-23(19)32)34-28(36)25-24-14-16-31(39-24)26(25)30(38)35(17-15-20-8-4-2-5-9-20)27(31)29(37)33-21-10-6-3-7-11-21/h8,12-14,16,18,21,24-27H,2-7,9-11,15,17H2,1H3,(H,33,37)(H,34,36)/t24-,25-,26-,27-,31-/m0/s1. The summed E-state index contributed by atoms with van der Waals surface area (Å²) in [6.45, 7) is 2.36. The number of allylic oxidation sites excluding steroid dienone is 1. The second-order valence-electron chi connectivity index (χ2n) is 11.9. The first-order valence-corrected chi connectivity index (χ1v) is 15.0. The summed E-state index contributed by atoms with van der Waals surface area (Å²) >= 11 is 6.29. The molecule has 8 heteroatoms. The lowest BCUT2D eigenvalue weighted by Gasteiger charge is -2.34. The van der Waals surface area contributed by atoms with E-state index in [4.69, 9.17) is 16.3 Å². The third-order valence-electron chi connectivity index (χ3n) is 9.37. The van der Waals surface area contributed by atoms with Crippen molar-refractivity contribution in [1.29, 1.82) is 0 Å². The third kappa shape index (κ3) is 4.82. The Hall–Kier alpha value is -2.64. The fourth-order valence-corrected chi connectivity index (χ4v) is 7.51. The van der Waals surface area contributed by atoms with Crippen LogP contribution >= 0.6 is 11.6 Å². The largest absolute Gasteiger partial charge is 0.359 e. The summed E-state index contributed by atoms with van der Waals surface area (Å²) in [5, 5.41) is 6.78. The molecule has 3 fully saturated rings. The van der Waals surface area contributed by atoms with Crippen molar-refractivity contribution >= 4 is 35.0 Å². The van der Waals surface area contributed by atoms with Crippen LogP contribution in [0.15, 0.2) is 42.0 Å². The van der Waals surface area contributed by atoms with E-state index in [0.717, 1.165) is 56.9 Å². The van der Waals surface area contributed by atoms with Gasteiger partial charge in [-0.05, 0) is 69.6 Å². The van der Waals surface area contributed by atoms with Crippen molar-refractivity contribution in [1.82, 2.24) is 10.2 Å². The molecule has 2 saturated heterocycles. The fraction of sp³-hybridized carbons (Fsp3) is 0.581. The van der Waals surface area contributed by atoms with Crippen LogP contribution in [-0.4, -0.2) is 53.0 Å². The molecule has 3 aliphatic heterocycles. The molecule has 2 N–H and O–H groups in total. The Morgan fingerprint density at radius 2 is 1.95 bits per heavy atom. The average Bonchev–Trinajstić information content (AvgIpc) is 3.58. The molecule has 5 aliphatic rings. The zero-order valence-electron chi connectivity index (χ0n) is 22.6. The van der Waals surface area contributed by atoms with Crippen LogP contribution in [0.1, 0.15) is 69.8 Å². The lowest BCUT2D eigenvalue weighted by molar-refractivity contribution is -0.141. The molecule has 1 saturated carbocycles. The lowest BCUT2D eigenvalue weighted by atomic mass is 9.74. The molecule has 2 aliphatic carbocycles. The normalized spacial score (nSPS) is 31.8. The van der Waals surface area contributed by atoms with Gasteiger partial charge >= 0.3 is 0 Å². The maximum Gasteiger partial charge on any atom is 0.246 e. The summed E-state index contributed by atoms with van der Waals surface area (Å²) in [7, 11) is 0. The van der Waals surface area contributed by atoms with Crippen LogP contribution in [-0.2, 0) is 19.1 Å². The van der Waals surface area contributed by atoms with Crippen molar-refractivity contribution in [3.8, 4) is 0 Å². The van der Waals surface area contributed by atoms with E-state index < -0.39 is 29.6 Å². The van der Waals surface area contributed by atoms with E-state index in [9.17, 15) is 14.4 Å². The van der Waals surface area contributed by atoms with Crippen LogP contribution in [0.5, 0.6) is 0 Å². The number of carbonyl (C=O) groups is 3. The number of carbonyl (C=O) groups excluding carboxylic acids is 3. The Morgan fingerprint density at radius 3 is 2.69 bits per heavy atom. The van der Waals surface area contributed by atoms with Crippen LogP contribution in [0.25, 0.3) is 0 Å². The van der Waals surface area contributed by atoms with Crippen molar-refractivity contribution in [2.45, 2.75) is 94.9 Å². The number of fused-ring (bicyclic) bond motifs is 1. The summed E-state index contributed by atoms with van der Waals surface area (Å²) in [5.41, 5.74) is 1.71. The number of anilines is 1. The van der Waals surface area contributed by atoms with Gasteiger partial charge in [-0.25, -0.2) is 0 Å². The number of nitrogens with zero attached hydrogens (tertiary/aromatic N) is 1. The Kier molecular flexibility index (Phi) is 7.32. The van der Waals surface area contributed by atoms with E-state index in [1.807, 2.05) is 25.1 Å². The zero-order valence-corrected chi connectivity index (χ0v) is 23.3. The van der Waals surface area contributed by atoms with Gasteiger partial charge < -0.3 is 20.3 Å². The summed E-state index contributed by atoms with van der Waals surface area (Å²) in [6.07, 6.45) is 16.0. The van der Waals surface area contributed by atoms with E-state index >= 15 is 0 Å².